The molecule has 1 aromatic heterocycles. The van der Waals surface area contributed by atoms with Gasteiger partial charge in [0.2, 0.25) is 10.0 Å². The van der Waals surface area contributed by atoms with Crippen LogP contribution in [0, 0.1) is 6.92 Å². The number of aromatic nitrogens is 2. The number of benzene rings is 2. The second-order valence-electron chi connectivity index (χ2n) is 8.37. The van der Waals surface area contributed by atoms with Gasteiger partial charge >= 0.3 is 0 Å². The first-order valence-electron chi connectivity index (χ1n) is 10.7. The zero-order valence-electron chi connectivity index (χ0n) is 18.5. The molecule has 1 unspecified atom stereocenters. The summed E-state index contributed by atoms with van der Waals surface area (Å²) in [6, 6.07) is 16.4. The van der Waals surface area contributed by atoms with E-state index in [1.807, 2.05) is 56.3 Å². The Bertz CT molecular complexity index is 1200. The molecule has 1 saturated heterocycles. The number of hydrogen-bond acceptors (Lipinski definition) is 4. The number of anilines is 1. The molecule has 3 aromatic rings. The highest BCUT2D eigenvalue weighted by molar-refractivity contribution is 7.89. The van der Waals surface area contributed by atoms with E-state index >= 15 is 0 Å². The van der Waals surface area contributed by atoms with E-state index in [1.165, 1.54) is 0 Å². The van der Waals surface area contributed by atoms with E-state index in [2.05, 4.69) is 10.4 Å². The molecule has 2 atom stereocenters. The molecule has 0 bridgehead atoms. The average molecular weight is 453 g/mol. The Balaban J connectivity index is 1.49. The number of aryl methyl sites for hydroxylation is 2. The standard InChI is InChI=1S/C24H28N4O3S/c1-17-9-14-23(20-7-5-4-6-8-20)32(30,31)28(17)15-19-10-12-21(13-11-19)24(29)25-22-16-27(3)26-18(22)2/h4-8,10-13,16-17,23H,9,14-15H2,1-3H3,(H,25,29)/t17-,23?/m0/s1. The number of amides is 1. The Kier molecular flexibility index (Phi) is 6.17. The van der Waals surface area contributed by atoms with Crippen molar-refractivity contribution < 1.29 is 13.2 Å². The van der Waals surface area contributed by atoms with Gasteiger partial charge in [0.25, 0.3) is 5.91 Å². The first kappa shape index (κ1) is 22.2. The molecule has 8 heteroatoms. The van der Waals surface area contributed by atoms with Gasteiger partial charge in [-0.05, 0) is 49.9 Å². The van der Waals surface area contributed by atoms with Crippen LogP contribution in [0.3, 0.4) is 0 Å². The molecule has 168 valence electrons. The third-order valence-corrected chi connectivity index (χ3v) is 8.38. The minimum Gasteiger partial charge on any atom is -0.319 e. The van der Waals surface area contributed by atoms with Crippen LogP contribution in [0.2, 0.25) is 0 Å². The lowest BCUT2D eigenvalue weighted by Gasteiger charge is -2.37. The van der Waals surface area contributed by atoms with E-state index in [-0.39, 0.29) is 18.5 Å². The van der Waals surface area contributed by atoms with Crippen LogP contribution in [0.4, 0.5) is 5.69 Å². The molecule has 1 fully saturated rings. The maximum Gasteiger partial charge on any atom is 0.255 e. The Morgan fingerprint density at radius 2 is 1.78 bits per heavy atom. The summed E-state index contributed by atoms with van der Waals surface area (Å²) in [5, 5.41) is 6.57. The molecule has 0 saturated carbocycles. The zero-order valence-corrected chi connectivity index (χ0v) is 19.3. The van der Waals surface area contributed by atoms with Gasteiger partial charge < -0.3 is 5.32 Å². The van der Waals surface area contributed by atoms with Crippen LogP contribution in [-0.4, -0.2) is 34.5 Å². The molecule has 2 heterocycles. The fourth-order valence-corrected chi connectivity index (χ4v) is 6.41. The van der Waals surface area contributed by atoms with Gasteiger partial charge in [0, 0.05) is 31.4 Å². The van der Waals surface area contributed by atoms with Gasteiger partial charge in [0.15, 0.2) is 0 Å². The molecule has 32 heavy (non-hydrogen) atoms. The molecule has 1 N–H and O–H groups in total. The van der Waals surface area contributed by atoms with Crippen LogP contribution in [0.5, 0.6) is 0 Å². The fraction of sp³-hybridized carbons (Fsp3) is 0.333. The highest BCUT2D eigenvalue weighted by Crippen LogP contribution is 2.38. The number of nitrogens with one attached hydrogen (secondary N) is 1. The Labute approximate surface area is 189 Å². The molecule has 2 aromatic carbocycles. The van der Waals surface area contributed by atoms with E-state index in [1.54, 1.807) is 34.4 Å². The number of rotatable bonds is 5. The van der Waals surface area contributed by atoms with Crippen molar-refractivity contribution in [1.82, 2.24) is 14.1 Å². The van der Waals surface area contributed by atoms with Crippen LogP contribution in [0.1, 0.15) is 52.2 Å². The van der Waals surface area contributed by atoms with Crippen LogP contribution >= 0.6 is 0 Å². The average Bonchev–Trinajstić information content (AvgIpc) is 3.08. The molecular formula is C24H28N4O3S. The molecule has 1 aliphatic heterocycles. The number of nitrogens with zero attached hydrogens (tertiary/aromatic N) is 3. The van der Waals surface area contributed by atoms with Crippen molar-refractivity contribution >= 4 is 21.6 Å². The highest BCUT2D eigenvalue weighted by atomic mass is 32.2. The number of carbonyl (C=O) groups is 1. The van der Waals surface area contributed by atoms with Crippen molar-refractivity contribution in [2.24, 2.45) is 7.05 Å². The maximum atomic E-state index is 13.4. The minimum absolute atomic E-state index is 0.0727. The number of carbonyl (C=O) groups excluding carboxylic acids is 1. The van der Waals surface area contributed by atoms with E-state index in [0.29, 0.717) is 17.7 Å². The molecular weight excluding hydrogens is 424 g/mol. The third kappa shape index (κ3) is 4.47. The van der Waals surface area contributed by atoms with E-state index < -0.39 is 15.3 Å². The van der Waals surface area contributed by atoms with Gasteiger partial charge in [0.05, 0.1) is 11.4 Å². The van der Waals surface area contributed by atoms with Crippen molar-refractivity contribution in [3.8, 4) is 0 Å². The van der Waals surface area contributed by atoms with Crippen LogP contribution in [0.25, 0.3) is 0 Å². The smallest absolute Gasteiger partial charge is 0.255 e. The van der Waals surface area contributed by atoms with Crippen molar-refractivity contribution in [2.45, 2.75) is 44.5 Å². The summed E-state index contributed by atoms with van der Waals surface area (Å²) in [7, 11) is -1.69. The van der Waals surface area contributed by atoms with Gasteiger partial charge in [-0.2, -0.15) is 9.40 Å². The van der Waals surface area contributed by atoms with Gasteiger partial charge in [0.1, 0.15) is 5.25 Å². The predicted octanol–water partition coefficient (Wildman–Crippen LogP) is 4.04. The van der Waals surface area contributed by atoms with Crippen LogP contribution in [0.15, 0.2) is 60.8 Å². The summed E-state index contributed by atoms with van der Waals surface area (Å²) in [5.41, 5.74) is 3.61. The highest BCUT2D eigenvalue weighted by Gasteiger charge is 2.40. The molecule has 0 aliphatic carbocycles. The van der Waals surface area contributed by atoms with Gasteiger partial charge in [-0.3, -0.25) is 9.48 Å². The third-order valence-electron chi connectivity index (χ3n) is 6.01. The predicted molar refractivity (Wildman–Crippen MR) is 125 cm³/mol. The lowest BCUT2D eigenvalue weighted by atomic mass is 10.0. The van der Waals surface area contributed by atoms with Gasteiger partial charge in [-0.1, -0.05) is 42.5 Å². The first-order valence-corrected chi connectivity index (χ1v) is 12.2. The van der Waals surface area contributed by atoms with Crippen molar-refractivity contribution in [3.05, 3.63) is 83.2 Å². The molecule has 1 amide bonds. The lowest BCUT2D eigenvalue weighted by Crippen LogP contribution is -2.44. The molecule has 7 nitrogen and oxygen atoms in total. The quantitative estimate of drug-likeness (QED) is 0.633. The van der Waals surface area contributed by atoms with Gasteiger partial charge in [-0.25, -0.2) is 8.42 Å². The van der Waals surface area contributed by atoms with E-state index in [4.69, 9.17) is 0 Å². The summed E-state index contributed by atoms with van der Waals surface area (Å²) in [6.07, 6.45) is 3.19. The number of sulfonamides is 1. The molecule has 1 aliphatic rings. The van der Waals surface area contributed by atoms with E-state index in [9.17, 15) is 13.2 Å². The fourth-order valence-electron chi connectivity index (χ4n) is 4.21. The summed E-state index contributed by atoms with van der Waals surface area (Å²) in [6.45, 7) is 4.08. The molecule has 0 spiro atoms. The second kappa shape index (κ2) is 8.88. The second-order valence-corrected chi connectivity index (χ2v) is 10.4. The summed E-state index contributed by atoms with van der Waals surface area (Å²) in [5.74, 6) is -0.226. The first-order chi connectivity index (χ1) is 15.3. The summed E-state index contributed by atoms with van der Waals surface area (Å²) >= 11 is 0. The van der Waals surface area contributed by atoms with E-state index in [0.717, 1.165) is 23.2 Å². The molecule has 0 radical (unpaired) electrons. The zero-order chi connectivity index (χ0) is 22.9. The Morgan fingerprint density at radius 1 is 1.09 bits per heavy atom. The Morgan fingerprint density at radius 3 is 2.41 bits per heavy atom. The van der Waals surface area contributed by atoms with Crippen LogP contribution < -0.4 is 5.32 Å². The normalized spacial score (nSPS) is 20.7. The number of hydrogen-bond donors (Lipinski definition) is 1. The topological polar surface area (TPSA) is 84.3 Å². The summed E-state index contributed by atoms with van der Waals surface area (Å²) < 4.78 is 30.0. The maximum absolute atomic E-state index is 13.4. The van der Waals surface area contributed by atoms with Crippen molar-refractivity contribution in [1.29, 1.82) is 0 Å². The van der Waals surface area contributed by atoms with Crippen molar-refractivity contribution in [3.63, 3.8) is 0 Å². The largest absolute Gasteiger partial charge is 0.319 e. The lowest BCUT2D eigenvalue weighted by molar-refractivity contribution is 0.102. The SMILES string of the molecule is Cc1nn(C)cc1NC(=O)c1ccc(CN2[C@@H](C)CCC(c3ccccc3)S2(=O)=O)cc1. The van der Waals surface area contributed by atoms with Crippen LogP contribution in [-0.2, 0) is 23.6 Å². The Hall–Kier alpha value is -2.97. The van der Waals surface area contributed by atoms with Crippen molar-refractivity contribution in [2.75, 3.05) is 5.32 Å². The monoisotopic (exact) mass is 452 g/mol. The molecule has 4 rings (SSSR count). The summed E-state index contributed by atoms with van der Waals surface area (Å²) in [4.78, 5) is 12.6. The van der Waals surface area contributed by atoms with Gasteiger partial charge in [-0.15, -0.1) is 0 Å². The minimum atomic E-state index is -3.49.